The van der Waals surface area contributed by atoms with Crippen LogP contribution in [0.2, 0.25) is 0 Å². The van der Waals surface area contributed by atoms with Crippen molar-refractivity contribution in [2.24, 2.45) is 0 Å². The first-order valence-electron chi connectivity index (χ1n) is 6.47. The summed E-state index contributed by atoms with van der Waals surface area (Å²) in [7, 11) is 0. The van der Waals surface area contributed by atoms with Crippen molar-refractivity contribution in [3.05, 3.63) is 29.8 Å². The van der Waals surface area contributed by atoms with E-state index in [4.69, 9.17) is 10.5 Å². The molecule has 2 rings (SSSR count). The average Bonchev–Trinajstić information content (AvgIpc) is 2.84. The Morgan fingerprint density at radius 1 is 1.37 bits per heavy atom. The molecule has 0 aromatic heterocycles. The smallest absolute Gasteiger partial charge is 0.222 e. The highest BCUT2D eigenvalue weighted by Gasteiger charge is 2.18. The van der Waals surface area contributed by atoms with Gasteiger partial charge in [0.15, 0.2) is 0 Å². The number of nitrogen functional groups attached to an aromatic ring is 1. The molecule has 106 valence electrons. The Morgan fingerprint density at radius 3 is 2.74 bits per heavy atom. The highest BCUT2D eigenvalue weighted by Crippen LogP contribution is 2.14. The van der Waals surface area contributed by atoms with E-state index in [0.717, 1.165) is 31.6 Å². The molecule has 1 aliphatic rings. The zero-order valence-corrected chi connectivity index (χ0v) is 11.7. The molecule has 1 saturated heterocycles. The van der Waals surface area contributed by atoms with Crippen molar-refractivity contribution in [2.45, 2.75) is 31.8 Å². The zero-order valence-electron chi connectivity index (χ0n) is 10.9. The summed E-state index contributed by atoms with van der Waals surface area (Å²) in [5.41, 5.74) is 7.56. The van der Waals surface area contributed by atoms with Gasteiger partial charge in [0.25, 0.3) is 0 Å². The Labute approximate surface area is 120 Å². The van der Waals surface area contributed by atoms with Crippen molar-refractivity contribution in [1.29, 1.82) is 0 Å². The van der Waals surface area contributed by atoms with Crippen LogP contribution in [0, 0.1) is 0 Å². The van der Waals surface area contributed by atoms with Gasteiger partial charge in [0.2, 0.25) is 5.91 Å². The van der Waals surface area contributed by atoms with Crippen molar-refractivity contribution in [3.63, 3.8) is 0 Å². The van der Waals surface area contributed by atoms with E-state index in [9.17, 15) is 4.79 Å². The van der Waals surface area contributed by atoms with Crippen LogP contribution in [0.5, 0.6) is 0 Å². The van der Waals surface area contributed by atoms with Crippen molar-refractivity contribution < 1.29 is 9.53 Å². The topological polar surface area (TPSA) is 64.3 Å². The Morgan fingerprint density at radius 2 is 2.11 bits per heavy atom. The van der Waals surface area contributed by atoms with Crippen LogP contribution >= 0.6 is 12.4 Å². The summed E-state index contributed by atoms with van der Waals surface area (Å²) in [6, 6.07) is 7.73. The number of amides is 1. The molecule has 1 heterocycles. The third kappa shape index (κ3) is 5.49. The molecule has 1 unspecified atom stereocenters. The van der Waals surface area contributed by atoms with Crippen LogP contribution in [0.1, 0.15) is 24.8 Å². The molecule has 0 aliphatic carbocycles. The summed E-state index contributed by atoms with van der Waals surface area (Å²) in [5.74, 6) is 0.0809. The predicted octanol–water partition coefficient (Wildman–Crippen LogP) is 1.92. The normalized spacial score (nSPS) is 17.8. The molecule has 1 aliphatic heterocycles. The van der Waals surface area contributed by atoms with E-state index in [1.165, 1.54) is 5.56 Å². The number of halogens is 1. The van der Waals surface area contributed by atoms with Crippen LogP contribution in [-0.4, -0.2) is 25.2 Å². The number of carbonyl (C=O) groups is 1. The average molecular weight is 285 g/mol. The first-order chi connectivity index (χ1) is 8.74. The van der Waals surface area contributed by atoms with E-state index < -0.39 is 0 Å². The lowest BCUT2D eigenvalue weighted by atomic mass is 10.1. The molecular weight excluding hydrogens is 264 g/mol. The first-order valence-corrected chi connectivity index (χ1v) is 6.47. The highest BCUT2D eigenvalue weighted by molar-refractivity contribution is 5.85. The van der Waals surface area contributed by atoms with Gasteiger partial charge in [-0.2, -0.15) is 0 Å². The summed E-state index contributed by atoms with van der Waals surface area (Å²) < 4.78 is 5.43. The van der Waals surface area contributed by atoms with E-state index in [-0.39, 0.29) is 24.4 Å². The lowest BCUT2D eigenvalue weighted by Crippen LogP contribution is -2.28. The minimum atomic E-state index is 0. The number of hydrogen-bond donors (Lipinski definition) is 2. The van der Waals surface area contributed by atoms with Gasteiger partial charge in [0.1, 0.15) is 0 Å². The maximum absolute atomic E-state index is 11.6. The third-order valence-corrected chi connectivity index (χ3v) is 3.15. The number of carbonyl (C=O) groups excluding carboxylic acids is 1. The fourth-order valence-corrected chi connectivity index (χ4v) is 2.11. The van der Waals surface area contributed by atoms with Crippen molar-refractivity contribution in [3.8, 4) is 0 Å². The van der Waals surface area contributed by atoms with Gasteiger partial charge in [-0.25, -0.2) is 0 Å². The van der Waals surface area contributed by atoms with Crippen molar-refractivity contribution in [1.82, 2.24) is 5.32 Å². The van der Waals surface area contributed by atoms with Gasteiger partial charge in [-0.1, -0.05) is 12.1 Å². The van der Waals surface area contributed by atoms with Gasteiger partial charge in [-0.3, -0.25) is 4.79 Å². The van der Waals surface area contributed by atoms with Gasteiger partial charge in [-0.15, -0.1) is 12.4 Å². The number of anilines is 1. The van der Waals surface area contributed by atoms with E-state index >= 15 is 0 Å². The third-order valence-electron chi connectivity index (χ3n) is 3.15. The number of ether oxygens (including phenoxy) is 1. The van der Waals surface area contributed by atoms with Gasteiger partial charge < -0.3 is 15.8 Å². The molecule has 1 aromatic carbocycles. The van der Waals surface area contributed by atoms with Crippen LogP contribution in [0.25, 0.3) is 0 Å². The largest absolute Gasteiger partial charge is 0.399 e. The van der Waals surface area contributed by atoms with Crippen LogP contribution < -0.4 is 11.1 Å². The Hall–Kier alpha value is -1.26. The lowest BCUT2D eigenvalue weighted by Gasteiger charge is -2.09. The molecule has 0 bridgehead atoms. The number of nitrogens with one attached hydrogen (secondary N) is 1. The molecule has 19 heavy (non-hydrogen) atoms. The number of benzene rings is 1. The van der Waals surface area contributed by atoms with Crippen LogP contribution in [0.3, 0.4) is 0 Å². The minimum absolute atomic E-state index is 0. The molecule has 1 fully saturated rings. The zero-order chi connectivity index (χ0) is 12.8. The predicted molar refractivity (Wildman–Crippen MR) is 78.4 cm³/mol. The van der Waals surface area contributed by atoms with Crippen LogP contribution in [0.4, 0.5) is 5.69 Å². The minimum Gasteiger partial charge on any atom is -0.399 e. The number of rotatable bonds is 5. The summed E-state index contributed by atoms with van der Waals surface area (Å²) in [5, 5.41) is 2.92. The Kier molecular flexibility index (Phi) is 6.67. The molecular formula is C14H21ClN2O2. The van der Waals surface area contributed by atoms with E-state index in [0.29, 0.717) is 13.0 Å². The molecule has 0 saturated carbocycles. The highest BCUT2D eigenvalue weighted by atomic mass is 35.5. The number of hydrogen-bond acceptors (Lipinski definition) is 3. The molecule has 1 atom stereocenters. The standard InChI is InChI=1S/C14H20N2O2.ClH/c15-12-5-3-11(4-6-12)7-8-16-14(17)10-13-2-1-9-18-13;/h3-6,13H,1-2,7-10,15H2,(H,16,17);1H. The molecule has 5 heteroatoms. The maximum atomic E-state index is 11.6. The summed E-state index contributed by atoms with van der Waals surface area (Å²) in [6.07, 6.45) is 3.52. The quantitative estimate of drug-likeness (QED) is 0.812. The maximum Gasteiger partial charge on any atom is 0.222 e. The second-order valence-corrected chi connectivity index (χ2v) is 4.68. The molecule has 0 spiro atoms. The number of nitrogens with two attached hydrogens (primary N) is 1. The Bertz CT molecular complexity index is 389. The van der Waals surface area contributed by atoms with Gasteiger partial charge in [-0.05, 0) is 37.0 Å². The summed E-state index contributed by atoms with van der Waals surface area (Å²) in [6.45, 7) is 1.46. The van der Waals surface area contributed by atoms with Crippen molar-refractivity contribution in [2.75, 3.05) is 18.9 Å². The molecule has 3 N–H and O–H groups in total. The molecule has 0 radical (unpaired) electrons. The Balaban J connectivity index is 0.00000180. The molecule has 4 nitrogen and oxygen atoms in total. The van der Waals surface area contributed by atoms with Crippen LogP contribution in [0.15, 0.2) is 24.3 Å². The molecule has 1 aromatic rings. The second-order valence-electron chi connectivity index (χ2n) is 4.68. The van der Waals surface area contributed by atoms with E-state index in [2.05, 4.69) is 5.32 Å². The SMILES string of the molecule is Cl.Nc1ccc(CCNC(=O)CC2CCCO2)cc1. The summed E-state index contributed by atoms with van der Waals surface area (Å²) in [4.78, 5) is 11.6. The van der Waals surface area contributed by atoms with Gasteiger partial charge in [0, 0.05) is 18.8 Å². The monoisotopic (exact) mass is 284 g/mol. The van der Waals surface area contributed by atoms with E-state index in [1.807, 2.05) is 24.3 Å². The fourth-order valence-electron chi connectivity index (χ4n) is 2.11. The first kappa shape index (κ1) is 15.8. The van der Waals surface area contributed by atoms with E-state index in [1.54, 1.807) is 0 Å². The van der Waals surface area contributed by atoms with Gasteiger partial charge >= 0.3 is 0 Å². The molecule has 1 amide bonds. The van der Waals surface area contributed by atoms with Crippen LogP contribution in [-0.2, 0) is 16.0 Å². The summed E-state index contributed by atoms with van der Waals surface area (Å²) >= 11 is 0. The second kappa shape index (κ2) is 8.02. The van der Waals surface area contributed by atoms with Crippen molar-refractivity contribution >= 4 is 24.0 Å². The fraction of sp³-hybridized carbons (Fsp3) is 0.500. The van der Waals surface area contributed by atoms with Gasteiger partial charge in [0.05, 0.1) is 12.5 Å². The lowest BCUT2D eigenvalue weighted by molar-refractivity contribution is -0.123.